The third kappa shape index (κ3) is 1.60. The zero-order valence-electron chi connectivity index (χ0n) is 9.34. The van der Waals surface area contributed by atoms with Gasteiger partial charge in [-0.3, -0.25) is 5.10 Å². The molecular formula is C12H12N4O. The molecule has 0 aliphatic carbocycles. The number of fused-ring (bicyclic) bond motifs is 1. The monoisotopic (exact) mass is 228 g/mol. The summed E-state index contributed by atoms with van der Waals surface area (Å²) in [6.07, 6.45) is 1.43. The molecule has 5 nitrogen and oxygen atoms in total. The van der Waals surface area contributed by atoms with Crippen LogP contribution < -0.4 is 5.73 Å². The molecule has 2 heterocycles. The second kappa shape index (κ2) is 3.71. The van der Waals surface area contributed by atoms with Crippen molar-refractivity contribution in [3.63, 3.8) is 0 Å². The third-order valence-electron chi connectivity index (χ3n) is 2.79. The van der Waals surface area contributed by atoms with Crippen molar-refractivity contribution < 1.29 is 4.42 Å². The number of nitrogens with one attached hydrogen (secondary N) is 1. The summed E-state index contributed by atoms with van der Waals surface area (Å²) in [5.74, 6) is 1.28. The fraction of sp³-hybridized carbons (Fsp3) is 0.167. The summed E-state index contributed by atoms with van der Waals surface area (Å²) in [5, 5.41) is 7.58. The Balaban J connectivity index is 2.10. The normalized spacial score (nSPS) is 13.1. The fourth-order valence-electron chi connectivity index (χ4n) is 1.88. The quantitative estimate of drug-likeness (QED) is 0.702. The molecule has 3 N–H and O–H groups in total. The zero-order chi connectivity index (χ0) is 11.8. The number of aromatic amines is 1. The van der Waals surface area contributed by atoms with Gasteiger partial charge in [0.1, 0.15) is 29.5 Å². The lowest BCUT2D eigenvalue weighted by Gasteiger charge is -2.03. The van der Waals surface area contributed by atoms with E-state index in [1.54, 1.807) is 0 Å². The highest BCUT2D eigenvalue weighted by Gasteiger charge is 2.17. The lowest BCUT2D eigenvalue weighted by Crippen LogP contribution is -2.12. The molecule has 5 heteroatoms. The number of aryl methyl sites for hydroxylation is 1. The Kier molecular flexibility index (Phi) is 2.19. The molecule has 1 atom stereocenters. The van der Waals surface area contributed by atoms with Crippen molar-refractivity contribution in [2.45, 2.75) is 13.0 Å². The van der Waals surface area contributed by atoms with Crippen molar-refractivity contribution in [3.8, 4) is 0 Å². The largest absolute Gasteiger partial charge is 0.459 e. The van der Waals surface area contributed by atoms with Crippen LogP contribution in [0.5, 0.6) is 0 Å². The van der Waals surface area contributed by atoms with Crippen molar-refractivity contribution in [1.82, 2.24) is 15.2 Å². The summed E-state index contributed by atoms with van der Waals surface area (Å²) in [7, 11) is 0. The molecule has 3 aromatic rings. The first kappa shape index (κ1) is 10.0. The molecule has 0 aliphatic rings. The van der Waals surface area contributed by atoms with Crippen molar-refractivity contribution in [1.29, 1.82) is 0 Å². The average molecular weight is 228 g/mol. The van der Waals surface area contributed by atoms with Crippen LogP contribution in [0.15, 0.2) is 35.0 Å². The molecule has 0 radical (unpaired) electrons. The van der Waals surface area contributed by atoms with Gasteiger partial charge in [-0.15, -0.1) is 0 Å². The highest BCUT2D eigenvalue weighted by Crippen LogP contribution is 2.27. The predicted molar refractivity (Wildman–Crippen MR) is 63.4 cm³/mol. The first-order chi connectivity index (χ1) is 8.25. The third-order valence-corrected chi connectivity index (χ3v) is 2.79. The first-order valence-electron chi connectivity index (χ1n) is 5.35. The van der Waals surface area contributed by atoms with Crippen LogP contribution in [0.3, 0.4) is 0 Å². The molecule has 17 heavy (non-hydrogen) atoms. The number of H-pyrrole nitrogens is 1. The second-order valence-electron chi connectivity index (χ2n) is 3.99. The van der Waals surface area contributed by atoms with Crippen molar-refractivity contribution in [2.75, 3.05) is 0 Å². The van der Waals surface area contributed by atoms with Gasteiger partial charge in [0, 0.05) is 5.39 Å². The van der Waals surface area contributed by atoms with E-state index in [0.29, 0.717) is 11.6 Å². The minimum atomic E-state index is -0.413. The van der Waals surface area contributed by atoms with Crippen LogP contribution in [-0.4, -0.2) is 15.2 Å². The Labute approximate surface area is 97.7 Å². The summed E-state index contributed by atoms with van der Waals surface area (Å²) in [5.41, 5.74) is 8.02. The maximum Gasteiger partial charge on any atom is 0.149 e. The highest BCUT2D eigenvalue weighted by molar-refractivity contribution is 5.81. The van der Waals surface area contributed by atoms with Crippen LogP contribution in [-0.2, 0) is 0 Å². The van der Waals surface area contributed by atoms with Crippen molar-refractivity contribution in [3.05, 3.63) is 47.7 Å². The van der Waals surface area contributed by atoms with Gasteiger partial charge in [0.15, 0.2) is 0 Å². The van der Waals surface area contributed by atoms with Gasteiger partial charge in [-0.2, -0.15) is 5.10 Å². The van der Waals surface area contributed by atoms with Crippen LogP contribution in [0.1, 0.15) is 23.2 Å². The SMILES string of the molecule is Cc1cccc2cc(C(N)c3ncn[nH]3)oc12. The first-order valence-corrected chi connectivity index (χ1v) is 5.35. The van der Waals surface area contributed by atoms with Gasteiger partial charge in [0.05, 0.1) is 0 Å². The molecule has 1 aromatic carbocycles. The molecule has 0 bridgehead atoms. The van der Waals surface area contributed by atoms with Crippen LogP contribution in [0.2, 0.25) is 0 Å². The summed E-state index contributed by atoms with van der Waals surface area (Å²) in [6, 6.07) is 7.54. The topological polar surface area (TPSA) is 80.7 Å². The molecule has 0 saturated heterocycles. The number of benzene rings is 1. The van der Waals surface area contributed by atoms with E-state index >= 15 is 0 Å². The minimum Gasteiger partial charge on any atom is -0.459 e. The lowest BCUT2D eigenvalue weighted by atomic mass is 10.1. The maximum atomic E-state index is 6.05. The van der Waals surface area contributed by atoms with E-state index in [1.165, 1.54) is 6.33 Å². The number of aromatic nitrogens is 3. The molecule has 86 valence electrons. The Morgan fingerprint density at radius 3 is 3.00 bits per heavy atom. The van der Waals surface area contributed by atoms with Crippen molar-refractivity contribution >= 4 is 11.0 Å². The van der Waals surface area contributed by atoms with Gasteiger partial charge in [-0.05, 0) is 18.6 Å². The fourth-order valence-corrected chi connectivity index (χ4v) is 1.88. The lowest BCUT2D eigenvalue weighted by molar-refractivity contribution is 0.514. The number of nitrogens with zero attached hydrogens (tertiary/aromatic N) is 2. The molecule has 0 spiro atoms. The predicted octanol–water partition coefficient (Wildman–Crippen LogP) is 1.91. The van der Waals surface area contributed by atoms with E-state index in [9.17, 15) is 0 Å². The molecular weight excluding hydrogens is 216 g/mol. The smallest absolute Gasteiger partial charge is 0.149 e. The number of hydrogen-bond acceptors (Lipinski definition) is 4. The van der Waals surface area contributed by atoms with E-state index in [0.717, 1.165) is 16.5 Å². The molecule has 1 unspecified atom stereocenters. The number of rotatable bonds is 2. The van der Waals surface area contributed by atoms with Gasteiger partial charge in [-0.25, -0.2) is 4.98 Å². The highest BCUT2D eigenvalue weighted by atomic mass is 16.3. The van der Waals surface area contributed by atoms with Crippen LogP contribution in [0.25, 0.3) is 11.0 Å². The molecule has 0 amide bonds. The maximum absolute atomic E-state index is 6.05. The summed E-state index contributed by atoms with van der Waals surface area (Å²) in [6.45, 7) is 2.01. The van der Waals surface area contributed by atoms with Crippen LogP contribution in [0, 0.1) is 6.92 Å². The van der Waals surface area contributed by atoms with Crippen LogP contribution >= 0.6 is 0 Å². The van der Waals surface area contributed by atoms with E-state index < -0.39 is 6.04 Å². The molecule has 2 aromatic heterocycles. The molecule has 0 fully saturated rings. The van der Waals surface area contributed by atoms with E-state index in [2.05, 4.69) is 15.2 Å². The second-order valence-corrected chi connectivity index (χ2v) is 3.99. The Morgan fingerprint density at radius 1 is 1.41 bits per heavy atom. The van der Waals surface area contributed by atoms with E-state index in [4.69, 9.17) is 10.2 Å². The number of hydrogen-bond donors (Lipinski definition) is 2. The van der Waals surface area contributed by atoms with E-state index in [1.807, 2.05) is 31.2 Å². The van der Waals surface area contributed by atoms with Gasteiger partial charge < -0.3 is 10.2 Å². The van der Waals surface area contributed by atoms with Gasteiger partial charge in [-0.1, -0.05) is 18.2 Å². The molecule has 0 aliphatic heterocycles. The summed E-state index contributed by atoms with van der Waals surface area (Å²) in [4.78, 5) is 4.03. The van der Waals surface area contributed by atoms with E-state index in [-0.39, 0.29) is 0 Å². The average Bonchev–Trinajstić information content (AvgIpc) is 2.98. The minimum absolute atomic E-state index is 0.413. The van der Waals surface area contributed by atoms with Crippen molar-refractivity contribution in [2.24, 2.45) is 5.73 Å². The Hall–Kier alpha value is -2.14. The van der Waals surface area contributed by atoms with Gasteiger partial charge in [0.25, 0.3) is 0 Å². The summed E-state index contributed by atoms with van der Waals surface area (Å²) >= 11 is 0. The van der Waals surface area contributed by atoms with Crippen LogP contribution in [0.4, 0.5) is 0 Å². The standard InChI is InChI=1S/C12H12N4O/c1-7-3-2-4-8-5-9(17-11(7)8)10(13)12-14-6-15-16-12/h2-6,10H,13H2,1H3,(H,14,15,16). The number of para-hydroxylation sites is 1. The number of nitrogens with two attached hydrogens (primary N) is 1. The Morgan fingerprint density at radius 2 is 2.29 bits per heavy atom. The van der Waals surface area contributed by atoms with Gasteiger partial charge >= 0.3 is 0 Å². The van der Waals surface area contributed by atoms with Gasteiger partial charge in [0.2, 0.25) is 0 Å². The summed E-state index contributed by atoms with van der Waals surface area (Å²) < 4.78 is 5.77. The zero-order valence-corrected chi connectivity index (χ0v) is 9.34. The molecule has 0 saturated carbocycles. The molecule has 3 rings (SSSR count). The Bertz CT molecular complexity index is 642. The number of furan rings is 1.